The van der Waals surface area contributed by atoms with Crippen LogP contribution in [0.3, 0.4) is 0 Å². The van der Waals surface area contributed by atoms with Crippen LogP contribution >= 0.6 is 0 Å². The van der Waals surface area contributed by atoms with Crippen molar-refractivity contribution in [2.24, 2.45) is 0 Å². The van der Waals surface area contributed by atoms with E-state index in [9.17, 15) is 14.4 Å². The van der Waals surface area contributed by atoms with Crippen molar-refractivity contribution in [3.63, 3.8) is 0 Å². The summed E-state index contributed by atoms with van der Waals surface area (Å²) in [5, 5.41) is 5.36. The van der Waals surface area contributed by atoms with Gasteiger partial charge in [-0.25, -0.2) is 4.79 Å². The Labute approximate surface area is 140 Å². The lowest BCUT2D eigenvalue weighted by molar-refractivity contribution is -0.157. The molecule has 7 nitrogen and oxygen atoms in total. The largest absolute Gasteiger partial charge is 0.482 e. The van der Waals surface area contributed by atoms with Gasteiger partial charge in [-0.15, -0.1) is 0 Å². The number of hydrogen-bond donors (Lipinski definition) is 2. The fraction of sp³-hybridized carbons (Fsp3) is 0.471. The van der Waals surface area contributed by atoms with E-state index in [0.29, 0.717) is 18.6 Å². The highest BCUT2D eigenvalue weighted by Gasteiger charge is 2.26. The molecular weight excluding hydrogens is 312 g/mol. The van der Waals surface area contributed by atoms with Gasteiger partial charge in [-0.1, -0.05) is 0 Å². The van der Waals surface area contributed by atoms with Gasteiger partial charge >= 0.3 is 5.97 Å². The van der Waals surface area contributed by atoms with Gasteiger partial charge in [0.2, 0.25) is 11.8 Å². The number of imide groups is 1. The van der Waals surface area contributed by atoms with Crippen LogP contribution < -0.4 is 15.4 Å². The number of anilines is 1. The number of nitrogens with one attached hydrogen (secondary N) is 2. The van der Waals surface area contributed by atoms with Gasteiger partial charge in [-0.3, -0.25) is 14.9 Å². The molecule has 1 fully saturated rings. The molecular formula is C17H22N2O5. The Morgan fingerprint density at radius 1 is 1.25 bits per heavy atom. The highest BCUT2D eigenvalue weighted by Crippen LogP contribution is 2.18. The number of benzene rings is 1. The van der Waals surface area contributed by atoms with Crippen molar-refractivity contribution >= 4 is 23.5 Å². The van der Waals surface area contributed by atoms with Crippen molar-refractivity contribution in [1.82, 2.24) is 5.32 Å². The Morgan fingerprint density at radius 2 is 1.92 bits per heavy atom. The average Bonchev–Trinajstić information content (AvgIpc) is 2.48. The third kappa shape index (κ3) is 5.57. The minimum absolute atomic E-state index is 0.169. The monoisotopic (exact) mass is 334 g/mol. The first-order chi connectivity index (χ1) is 11.2. The van der Waals surface area contributed by atoms with Gasteiger partial charge in [-0.05, 0) is 51.5 Å². The topological polar surface area (TPSA) is 93.7 Å². The number of amides is 2. The summed E-state index contributed by atoms with van der Waals surface area (Å²) in [5.41, 5.74) is 0.185. The van der Waals surface area contributed by atoms with Gasteiger partial charge < -0.3 is 14.8 Å². The molecule has 0 spiro atoms. The Kier molecular flexibility index (Phi) is 5.43. The fourth-order valence-corrected chi connectivity index (χ4v) is 2.19. The zero-order valence-electron chi connectivity index (χ0n) is 14.0. The smallest absolute Gasteiger partial charge is 0.344 e. The van der Waals surface area contributed by atoms with Crippen LogP contribution in [0.4, 0.5) is 5.69 Å². The maximum Gasteiger partial charge on any atom is 0.344 e. The van der Waals surface area contributed by atoms with Crippen LogP contribution in [0.25, 0.3) is 0 Å². The molecule has 2 rings (SSSR count). The van der Waals surface area contributed by atoms with Gasteiger partial charge in [0.05, 0.1) is 0 Å². The first-order valence-electron chi connectivity index (χ1n) is 7.78. The van der Waals surface area contributed by atoms with E-state index in [1.165, 1.54) is 0 Å². The SMILES string of the molecule is CC(C)(C)OC(=O)COc1ccc(NC2CCC(=O)NC2=O)cc1. The van der Waals surface area contributed by atoms with E-state index in [0.717, 1.165) is 5.69 Å². The molecule has 0 aromatic heterocycles. The normalized spacial score (nSPS) is 17.9. The predicted molar refractivity (Wildman–Crippen MR) is 87.6 cm³/mol. The molecule has 0 aliphatic carbocycles. The molecule has 1 aromatic carbocycles. The molecule has 1 atom stereocenters. The number of carbonyl (C=O) groups excluding carboxylic acids is 3. The summed E-state index contributed by atoms with van der Waals surface area (Å²) in [4.78, 5) is 34.4. The maximum absolute atomic E-state index is 11.7. The van der Waals surface area contributed by atoms with E-state index in [1.807, 2.05) is 0 Å². The van der Waals surface area contributed by atoms with E-state index < -0.39 is 17.6 Å². The third-order valence-corrected chi connectivity index (χ3v) is 3.21. The van der Waals surface area contributed by atoms with Gasteiger partial charge in [0.25, 0.3) is 0 Å². The zero-order chi connectivity index (χ0) is 17.7. The average molecular weight is 334 g/mol. The Morgan fingerprint density at radius 3 is 2.50 bits per heavy atom. The van der Waals surface area contributed by atoms with Crippen LogP contribution in [-0.4, -0.2) is 36.0 Å². The second-order valence-corrected chi connectivity index (χ2v) is 6.55. The Balaban J connectivity index is 1.83. The van der Waals surface area contributed by atoms with E-state index in [2.05, 4.69) is 10.6 Å². The molecule has 1 saturated heterocycles. The van der Waals surface area contributed by atoms with E-state index in [1.54, 1.807) is 45.0 Å². The highest BCUT2D eigenvalue weighted by atomic mass is 16.6. The molecule has 1 aliphatic rings. The predicted octanol–water partition coefficient (Wildman–Crippen LogP) is 1.62. The third-order valence-electron chi connectivity index (χ3n) is 3.21. The van der Waals surface area contributed by atoms with Crippen LogP contribution in [0.15, 0.2) is 24.3 Å². The van der Waals surface area contributed by atoms with Gasteiger partial charge in [0.1, 0.15) is 17.4 Å². The molecule has 1 unspecified atom stereocenters. The highest BCUT2D eigenvalue weighted by molar-refractivity contribution is 6.01. The number of carbonyl (C=O) groups is 3. The van der Waals surface area contributed by atoms with Crippen molar-refractivity contribution in [3.05, 3.63) is 24.3 Å². The maximum atomic E-state index is 11.7. The van der Waals surface area contributed by atoms with E-state index >= 15 is 0 Å². The van der Waals surface area contributed by atoms with Crippen molar-refractivity contribution < 1.29 is 23.9 Å². The van der Waals surface area contributed by atoms with Crippen LogP contribution in [0.2, 0.25) is 0 Å². The first kappa shape index (κ1) is 17.8. The number of rotatable bonds is 5. The summed E-state index contributed by atoms with van der Waals surface area (Å²) in [6.45, 7) is 5.21. The summed E-state index contributed by atoms with van der Waals surface area (Å²) >= 11 is 0. The molecule has 7 heteroatoms. The Bertz CT molecular complexity index is 619. The summed E-state index contributed by atoms with van der Waals surface area (Å²) in [7, 11) is 0. The van der Waals surface area contributed by atoms with Crippen molar-refractivity contribution in [2.75, 3.05) is 11.9 Å². The lowest BCUT2D eigenvalue weighted by Gasteiger charge is -2.22. The summed E-state index contributed by atoms with van der Waals surface area (Å²) in [6.07, 6.45) is 0.780. The second kappa shape index (κ2) is 7.33. The molecule has 0 bridgehead atoms. The number of esters is 1. The summed E-state index contributed by atoms with van der Waals surface area (Å²) in [6, 6.07) is 6.44. The van der Waals surface area contributed by atoms with Crippen molar-refractivity contribution in [1.29, 1.82) is 0 Å². The van der Waals surface area contributed by atoms with Gasteiger partial charge in [0.15, 0.2) is 6.61 Å². The van der Waals surface area contributed by atoms with Gasteiger partial charge in [0, 0.05) is 12.1 Å². The minimum Gasteiger partial charge on any atom is -0.482 e. The summed E-state index contributed by atoms with van der Waals surface area (Å²) in [5.74, 6) is -0.483. The number of ether oxygens (including phenoxy) is 2. The molecule has 24 heavy (non-hydrogen) atoms. The molecule has 2 N–H and O–H groups in total. The minimum atomic E-state index is -0.545. The van der Waals surface area contributed by atoms with Gasteiger partial charge in [-0.2, -0.15) is 0 Å². The Hall–Kier alpha value is -2.57. The van der Waals surface area contributed by atoms with E-state index in [-0.39, 0.29) is 18.4 Å². The van der Waals surface area contributed by atoms with E-state index in [4.69, 9.17) is 9.47 Å². The van der Waals surface area contributed by atoms with Crippen LogP contribution in [-0.2, 0) is 19.1 Å². The quantitative estimate of drug-likeness (QED) is 0.628. The van der Waals surface area contributed by atoms with Crippen molar-refractivity contribution in [3.8, 4) is 5.75 Å². The first-order valence-corrected chi connectivity index (χ1v) is 7.78. The fourth-order valence-electron chi connectivity index (χ4n) is 2.19. The molecule has 2 amide bonds. The molecule has 0 radical (unpaired) electrons. The molecule has 1 aromatic rings. The standard InChI is InChI=1S/C17H22N2O5/c1-17(2,3)24-15(21)10-23-12-6-4-11(5-7-12)18-13-8-9-14(20)19-16(13)22/h4-7,13,18H,8-10H2,1-3H3,(H,19,20,22). The lowest BCUT2D eigenvalue weighted by Crippen LogP contribution is -2.47. The van der Waals surface area contributed by atoms with Crippen LogP contribution in [0.1, 0.15) is 33.6 Å². The molecule has 1 aliphatic heterocycles. The second-order valence-electron chi connectivity index (χ2n) is 6.55. The number of piperidine rings is 1. The molecule has 0 saturated carbocycles. The molecule has 130 valence electrons. The summed E-state index contributed by atoms with van der Waals surface area (Å²) < 4.78 is 10.5. The van der Waals surface area contributed by atoms with Crippen LogP contribution in [0.5, 0.6) is 5.75 Å². The van der Waals surface area contributed by atoms with Crippen LogP contribution in [0, 0.1) is 0 Å². The molecule has 1 heterocycles. The lowest BCUT2D eigenvalue weighted by atomic mass is 10.1. The number of hydrogen-bond acceptors (Lipinski definition) is 6. The zero-order valence-corrected chi connectivity index (χ0v) is 14.0. The van der Waals surface area contributed by atoms with Crippen molar-refractivity contribution in [2.45, 2.75) is 45.3 Å².